The summed E-state index contributed by atoms with van der Waals surface area (Å²) in [4.78, 5) is 34.3. The predicted molar refractivity (Wildman–Crippen MR) is 125 cm³/mol. The Kier molecular flexibility index (Phi) is 6.42. The molecule has 1 amide bonds. The molecule has 32 heavy (non-hydrogen) atoms. The lowest BCUT2D eigenvalue weighted by atomic mass is 10.1. The molecule has 0 aliphatic carbocycles. The number of hydrogen-bond acceptors (Lipinski definition) is 6. The first kappa shape index (κ1) is 21.5. The number of thiazole rings is 1. The standard InChI is InChI=1S/C24H22N4O3S/c1-16(18-9-6-10-19(11-18)31-2)26-22(29)13-28-15-25-12-20(24(28)30)23-27-21(14-32-23)17-7-4-3-5-8-17/h3-12,14-16H,13H2,1-2H3,(H,26,29). The van der Waals surface area contributed by atoms with E-state index in [0.29, 0.717) is 10.6 Å². The van der Waals surface area contributed by atoms with Crippen molar-refractivity contribution in [3.63, 3.8) is 0 Å². The van der Waals surface area contributed by atoms with Crippen LogP contribution < -0.4 is 15.6 Å². The Morgan fingerprint density at radius 1 is 1.19 bits per heavy atom. The molecular formula is C24H22N4O3S. The van der Waals surface area contributed by atoms with Crippen LogP contribution in [0.5, 0.6) is 5.75 Å². The van der Waals surface area contributed by atoms with Crippen LogP contribution in [0.2, 0.25) is 0 Å². The molecule has 0 saturated heterocycles. The molecule has 1 unspecified atom stereocenters. The summed E-state index contributed by atoms with van der Waals surface area (Å²) in [6, 6.07) is 17.0. The van der Waals surface area contributed by atoms with Gasteiger partial charge in [-0.1, -0.05) is 42.5 Å². The Labute approximate surface area is 189 Å². The van der Waals surface area contributed by atoms with Gasteiger partial charge < -0.3 is 10.1 Å². The molecule has 0 radical (unpaired) electrons. The molecule has 2 aromatic heterocycles. The van der Waals surface area contributed by atoms with Crippen molar-refractivity contribution in [2.24, 2.45) is 0 Å². The third-order valence-electron chi connectivity index (χ3n) is 4.99. The number of carbonyl (C=O) groups is 1. The van der Waals surface area contributed by atoms with Crippen molar-refractivity contribution in [3.05, 3.63) is 88.4 Å². The lowest BCUT2D eigenvalue weighted by Gasteiger charge is -2.15. The molecule has 1 N–H and O–H groups in total. The lowest BCUT2D eigenvalue weighted by molar-refractivity contribution is -0.122. The SMILES string of the molecule is COc1cccc(C(C)NC(=O)Cn2cncc(-c3nc(-c4ccccc4)cs3)c2=O)c1. The fourth-order valence-electron chi connectivity index (χ4n) is 3.29. The number of hydrogen-bond donors (Lipinski definition) is 1. The van der Waals surface area contributed by atoms with Gasteiger partial charge in [-0.05, 0) is 24.6 Å². The second kappa shape index (κ2) is 9.57. The molecule has 162 valence electrons. The van der Waals surface area contributed by atoms with Crippen LogP contribution in [0.15, 0.2) is 77.3 Å². The number of nitrogens with one attached hydrogen (secondary N) is 1. The first-order chi connectivity index (χ1) is 15.5. The third-order valence-corrected chi connectivity index (χ3v) is 5.87. The number of nitrogens with zero attached hydrogens (tertiary/aromatic N) is 3. The zero-order chi connectivity index (χ0) is 22.5. The van der Waals surface area contributed by atoms with Crippen molar-refractivity contribution >= 4 is 17.2 Å². The summed E-state index contributed by atoms with van der Waals surface area (Å²) in [5, 5.41) is 5.39. The van der Waals surface area contributed by atoms with E-state index in [9.17, 15) is 9.59 Å². The largest absolute Gasteiger partial charge is 0.497 e. The molecule has 0 aliphatic heterocycles. The van der Waals surface area contributed by atoms with Gasteiger partial charge in [-0.2, -0.15) is 0 Å². The van der Waals surface area contributed by atoms with Gasteiger partial charge >= 0.3 is 0 Å². The smallest absolute Gasteiger partial charge is 0.264 e. The third kappa shape index (κ3) is 4.76. The highest BCUT2D eigenvalue weighted by Gasteiger charge is 2.15. The summed E-state index contributed by atoms with van der Waals surface area (Å²) < 4.78 is 6.53. The first-order valence-electron chi connectivity index (χ1n) is 10.0. The Bertz CT molecular complexity index is 1280. The van der Waals surface area contributed by atoms with Crippen LogP contribution in [0.4, 0.5) is 0 Å². The Balaban J connectivity index is 1.50. The van der Waals surface area contributed by atoms with Gasteiger partial charge in [0, 0.05) is 17.1 Å². The van der Waals surface area contributed by atoms with E-state index >= 15 is 0 Å². The van der Waals surface area contributed by atoms with Crippen LogP contribution >= 0.6 is 11.3 Å². The molecule has 2 heterocycles. The molecule has 4 rings (SSSR count). The fraction of sp³-hybridized carbons (Fsp3) is 0.167. The Morgan fingerprint density at radius 3 is 2.78 bits per heavy atom. The number of methoxy groups -OCH3 is 1. The summed E-state index contributed by atoms with van der Waals surface area (Å²) in [6.45, 7) is 1.75. The second-order valence-corrected chi connectivity index (χ2v) is 8.07. The molecule has 2 aromatic carbocycles. The maximum absolute atomic E-state index is 13.0. The molecule has 8 heteroatoms. The number of rotatable bonds is 7. The number of carbonyl (C=O) groups excluding carboxylic acids is 1. The number of amides is 1. The molecule has 4 aromatic rings. The van der Waals surface area contributed by atoms with E-state index in [1.165, 1.54) is 28.4 Å². The van der Waals surface area contributed by atoms with Crippen molar-refractivity contribution in [1.29, 1.82) is 0 Å². The minimum Gasteiger partial charge on any atom is -0.497 e. The fourth-order valence-corrected chi connectivity index (χ4v) is 4.12. The van der Waals surface area contributed by atoms with Crippen LogP contribution in [-0.2, 0) is 11.3 Å². The van der Waals surface area contributed by atoms with Gasteiger partial charge in [-0.15, -0.1) is 11.3 Å². The van der Waals surface area contributed by atoms with E-state index in [0.717, 1.165) is 22.6 Å². The van der Waals surface area contributed by atoms with Crippen molar-refractivity contribution in [2.45, 2.75) is 19.5 Å². The predicted octanol–water partition coefficient (Wildman–Crippen LogP) is 3.92. The number of benzene rings is 2. The van der Waals surface area contributed by atoms with Gasteiger partial charge in [0.15, 0.2) is 0 Å². The minimum atomic E-state index is -0.307. The van der Waals surface area contributed by atoms with E-state index in [2.05, 4.69) is 15.3 Å². The normalized spacial score (nSPS) is 11.7. The van der Waals surface area contributed by atoms with E-state index in [4.69, 9.17) is 4.74 Å². The van der Waals surface area contributed by atoms with Crippen molar-refractivity contribution < 1.29 is 9.53 Å². The Hall–Kier alpha value is -3.78. The van der Waals surface area contributed by atoms with E-state index < -0.39 is 0 Å². The van der Waals surface area contributed by atoms with Gasteiger partial charge in [-0.3, -0.25) is 14.2 Å². The van der Waals surface area contributed by atoms with Crippen LogP contribution in [-0.4, -0.2) is 27.6 Å². The zero-order valence-electron chi connectivity index (χ0n) is 17.7. The van der Waals surface area contributed by atoms with Crippen molar-refractivity contribution in [2.75, 3.05) is 7.11 Å². The minimum absolute atomic E-state index is 0.134. The molecule has 1 atom stereocenters. The van der Waals surface area contributed by atoms with Gasteiger partial charge in [0.1, 0.15) is 17.3 Å². The molecule has 7 nitrogen and oxygen atoms in total. The lowest BCUT2D eigenvalue weighted by Crippen LogP contribution is -2.34. The van der Waals surface area contributed by atoms with E-state index in [1.54, 1.807) is 7.11 Å². The van der Waals surface area contributed by atoms with Crippen LogP contribution in [0.3, 0.4) is 0 Å². The summed E-state index contributed by atoms with van der Waals surface area (Å²) in [5.41, 5.74) is 2.75. The quantitative estimate of drug-likeness (QED) is 0.465. The monoisotopic (exact) mass is 446 g/mol. The van der Waals surface area contributed by atoms with Gasteiger partial charge in [0.05, 0.1) is 30.7 Å². The Morgan fingerprint density at radius 2 is 2.00 bits per heavy atom. The number of ether oxygens (including phenoxy) is 1. The first-order valence-corrected chi connectivity index (χ1v) is 10.9. The molecule has 0 fully saturated rings. The molecular weight excluding hydrogens is 424 g/mol. The maximum Gasteiger partial charge on any atom is 0.264 e. The van der Waals surface area contributed by atoms with Gasteiger partial charge in [0.25, 0.3) is 5.56 Å². The summed E-state index contributed by atoms with van der Waals surface area (Å²) in [5.74, 6) is 0.431. The molecule has 0 spiro atoms. The van der Waals surface area contributed by atoms with Crippen molar-refractivity contribution in [1.82, 2.24) is 19.9 Å². The average Bonchev–Trinajstić information content (AvgIpc) is 3.31. The molecule has 0 saturated carbocycles. The highest BCUT2D eigenvalue weighted by Crippen LogP contribution is 2.26. The number of aromatic nitrogens is 3. The van der Waals surface area contributed by atoms with Crippen LogP contribution in [0, 0.1) is 0 Å². The zero-order valence-corrected chi connectivity index (χ0v) is 18.5. The van der Waals surface area contributed by atoms with Crippen LogP contribution in [0.1, 0.15) is 18.5 Å². The highest BCUT2D eigenvalue weighted by molar-refractivity contribution is 7.13. The van der Waals surface area contributed by atoms with Crippen molar-refractivity contribution in [3.8, 4) is 27.6 Å². The highest BCUT2D eigenvalue weighted by atomic mass is 32.1. The summed E-state index contributed by atoms with van der Waals surface area (Å²) in [6.07, 6.45) is 2.86. The van der Waals surface area contributed by atoms with Gasteiger partial charge in [0.2, 0.25) is 5.91 Å². The average molecular weight is 447 g/mol. The van der Waals surface area contributed by atoms with Gasteiger partial charge in [-0.25, -0.2) is 9.97 Å². The topological polar surface area (TPSA) is 86.1 Å². The van der Waals surface area contributed by atoms with E-state index in [-0.39, 0.29) is 24.1 Å². The maximum atomic E-state index is 13.0. The summed E-state index contributed by atoms with van der Waals surface area (Å²) >= 11 is 1.37. The van der Waals surface area contributed by atoms with E-state index in [1.807, 2.05) is 66.9 Å². The molecule has 0 aliphatic rings. The molecule has 0 bridgehead atoms. The summed E-state index contributed by atoms with van der Waals surface area (Å²) in [7, 11) is 1.60. The second-order valence-electron chi connectivity index (χ2n) is 7.21. The van der Waals surface area contributed by atoms with Crippen LogP contribution in [0.25, 0.3) is 21.8 Å².